The summed E-state index contributed by atoms with van der Waals surface area (Å²) in [4.78, 5) is 8.24. The second kappa shape index (κ2) is 4.70. The van der Waals surface area contributed by atoms with Gasteiger partial charge in [-0.1, -0.05) is 0 Å². The number of nitriles is 1. The summed E-state index contributed by atoms with van der Waals surface area (Å²) in [5.41, 5.74) is 7.07. The lowest BCUT2D eigenvalue weighted by molar-refractivity contribution is 0.621. The van der Waals surface area contributed by atoms with Crippen LogP contribution in [0.2, 0.25) is 0 Å². The van der Waals surface area contributed by atoms with Gasteiger partial charge in [-0.15, -0.1) is 0 Å². The average Bonchev–Trinajstić information content (AvgIpc) is 2.32. The topological polar surface area (TPSA) is 75.6 Å². The van der Waals surface area contributed by atoms with Crippen LogP contribution in [-0.2, 0) is 0 Å². The smallest absolute Gasteiger partial charge is 0.161 e. The standard InChI is InChI=1S/C12H8BrFN4/c1-6-8(5-15)11(16)18-12(17-6)7-2-3-10(14)9(13)4-7/h2-4H,1H3,(H2,16,17,18). The first-order valence-electron chi connectivity index (χ1n) is 5.02. The number of aryl methyl sites for hydroxylation is 1. The second-order valence-electron chi connectivity index (χ2n) is 3.63. The van der Waals surface area contributed by atoms with E-state index in [1.807, 2.05) is 6.07 Å². The van der Waals surface area contributed by atoms with Gasteiger partial charge < -0.3 is 5.73 Å². The van der Waals surface area contributed by atoms with Crippen LogP contribution in [0.15, 0.2) is 22.7 Å². The van der Waals surface area contributed by atoms with Crippen LogP contribution in [0.25, 0.3) is 11.4 Å². The van der Waals surface area contributed by atoms with Crippen molar-refractivity contribution in [2.24, 2.45) is 0 Å². The van der Waals surface area contributed by atoms with Gasteiger partial charge in [-0.25, -0.2) is 14.4 Å². The van der Waals surface area contributed by atoms with E-state index in [2.05, 4.69) is 25.9 Å². The Morgan fingerprint density at radius 2 is 2.11 bits per heavy atom. The van der Waals surface area contributed by atoms with Crippen molar-refractivity contribution >= 4 is 21.7 Å². The zero-order chi connectivity index (χ0) is 13.3. The Hall–Kier alpha value is -2.00. The third-order valence-corrected chi connectivity index (χ3v) is 3.02. The molecule has 6 heteroatoms. The lowest BCUT2D eigenvalue weighted by atomic mass is 10.2. The van der Waals surface area contributed by atoms with Crippen LogP contribution in [0.4, 0.5) is 10.2 Å². The molecule has 2 rings (SSSR count). The van der Waals surface area contributed by atoms with E-state index in [1.165, 1.54) is 6.07 Å². The number of hydrogen-bond donors (Lipinski definition) is 1. The van der Waals surface area contributed by atoms with Crippen molar-refractivity contribution in [2.75, 3.05) is 5.73 Å². The number of nitrogens with two attached hydrogens (primary N) is 1. The highest BCUT2D eigenvalue weighted by molar-refractivity contribution is 9.10. The lowest BCUT2D eigenvalue weighted by Gasteiger charge is -2.06. The molecule has 18 heavy (non-hydrogen) atoms. The molecule has 0 amide bonds. The summed E-state index contributed by atoms with van der Waals surface area (Å²) in [6.07, 6.45) is 0. The Morgan fingerprint density at radius 1 is 1.39 bits per heavy atom. The molecule has 0 saturated heterocycles. The Kier molecular flexibility index (Phi) is 3.26. The number of anilines is 1. The number of nitrogens with zero attached hydrogens (tertiary/aromatic N) is 3. The van der Waals surface area contributed by atoms with Crippen LogP contribution < -0.4 is 5.73 Å². The van der Waals surface area contributed by atoms with Crippen molar-refractivity contribution < 1.29 is 4.39 Å². The van der Waals surface area contributed by atoms with Gasteiger partial charge in [0, 0.05) is 5.56 Å². The Bertz CT molecular complexity index is 641. The maximum atomic E-state index is 13.1. The molecule has 0 fully saturated rings. The molecular formula is C12H8BrFN4. The summed E-state index contributed by atoms with van der Waals surface area (Å²) in [6, 6.07) is 6.38. The third-order valence-electron chi connectivity index (χ3n) is 2.41. The van der Waals surface area contributed by atoms with Crippen molar-refractivity contribution in [3.8, 4) is 17.5 Å². The van der Waals surface area contributed by atoms with Gasteiger partial charge in [0.2, 0.25) is 0 Å². The summed E-state index contributed by atoms with van der Waals surface area (Å²) in [5.74, 6) is 0.127. The molecule has 0 spiro atoms. The highest BCUT2D eigenvalue weighted by Crippen LogP contribution is 2.24. The van der Waals surface area contributed by atoms with Crippen LogP contribution in [0.1, 0.15) is 11.3 Å². The summed E-state index contributed by atoms with van der Waals surface area (Å²) in [6.45, 7) is 1.68. The summed E-state index contributed by atoms with van der Waals surface area (Å²) in [5, 5.41) is 8.87. The van der Waals surface area contributed by atoms with Crippen LogP contribution in [-0.4, -0.2) is 9.97 Å². The zero-order valence-corrected chi connectivity index (χ0v) is 11.0. The summed E-state index contributed by atoms with van der Waals surface area (Å²) in [7, 11) is 0. The molecule has 0 aliphatic heterocycles. The molecule has 1 aromatic carbocycles. The minimum Gasteiger partial charge on any atom is -0.382 e. The van der Waals surface area contributed by atoms with Gasteiger partial charge in [-0.3, -0.25) is 0 Å². The quantitative estimate of drug-likeness (QED) is 0.879. The van der Waals surface area contributed by atoms with Crippen LogP contribution in [0, 0.1) is 24.1 Å². The number of aromatic nitrogens is 2. The zero-order valence-electron chi connectivity index (χ0n) is 9.41. The van der Waals surface area contributed by atoms with Gasteiger partial charge >= 0.3 is 0 Å². The summed E-state index contributed by atoms with van der Waals surface area (Å²) < 4.78 is 13.5. The largest absolute Gasteiger partial charge is 0.382 e. The molecule has 2 N–H and O–H groups in total. The van der Waals surface area contributed by atoms with Gasteiger partial charge in [-0.05, 0) is 41.1 Å². The van der Waals surface area contributed by atoms with E-state index in [-0.39, 0.29) is 17.2 Å². The Balaban J connectivity index is 2.59. The van der Waals surface area contributed by atoms with E-state index >= 15 is 0 Å². The Labute approximate surface area is 111 Å². The number of benzene rings is 1. The highest BCUT2D eigenvalue weighted by atomic mass is 79.9. The Morgan fingerprint density at radius 3 is 2.67 bits per heavy atom. The third kappa shape index (κ3) is 2.17. The van der Waals surface area contributed by atoms with E-state index in [1.54, 1.807) is 19.1 Å². The SMILES string of the molecule is Cc1nc(-c2ccc(F)c(Br)c2)nc(N)c1C#N. The molecule has 2 aromatic rings. The maximum Gasteiger partial charge on any atom is 0.161 e. The molecule has 0 unspecified atom stereocenters. The van der Waals surface area contributed by atoms with Gasteiger partial charge in [0.15, 0.2) is 5.82 Å². The predicted molar refractivity (Wildman–Crippen MR) is 69.0 cm³/mol. The highest BCUT2D eigenvalue weighted by Gasteiger charge is 2.11. The molecule has 0 saturated carbocycles. The maximum absolute atomic E-state index is 13.1. The first-order chi connectivity index (χ1) is 8.52. The van der Waals surface area contributed by atoms with E-state index in [4.69, 9.17) is 11.0 Å². The van der Waals surface area contributed by atoms with Crippen molar-refractivity contribution in [3.63, 3.8) is 0 Å². The fraction of sp³-hybridized carbons (Fsp3) is 0.0833. The average molecular weight is 307 g/mol. The monoisotopic (exact) mass is 306 g/mol. The van der Waals surface area contributed by atoms with E-state index < -0.39 is 0 Å². The molecular weight excluding hydrogens is 299 g/mol. The fourth-order valence-electron chi connectivity index (χ4n) is 1.50. The van der Waals surface area contributed by atoms with Crippen LogP contribution in [0.5, 0.6) is 0 Å². The molecule has 0 radical (unpaired) electrons. The van der Waals surface area contributed by atoms with E-state index in [0.717, 1.165) is 0 Å². The number of nitrogen functional groups attached to an aromatic ring is 1. The van der Waals surface area contributed by atoms with Crippen molar-refractivity contribution in [2.45, 2.75) is 6.92 Å². The minimum absolute atomic E-state index is 0.125. The molecule has 0 aliphatic rings. The first-order valence-corrected chi connectivity index (χ1v) is 5.82. The molecule has 1 heterocycles. The number of rotatable bonds is 1. The van der Waals surface area contributed by atoms with Gasteiger partial charge in [0.1, 0.15) is 23.3 Å². The molecule has 0 bridgehead atoms. The molecule has 0 aliphatic carbocycles. The normalized spacial score (nSPS) is 10.1. The van der Waals surface area contributed by atoms with Gasteiger partial charge in [-0.2, -0.15) is 5.26 Å². The van der Waals surface area contributed by atoms with Crippen LogP contribution in [0.3, 0.4) is 0 Å². The van der Waals surface area contributed by atoms with Crippen molar-refractivity contribution in [1.29, 1.82) is 5.26 Å². The molecule has 1 aromatic heterocycles. The van der Waals surface area contributed by atoms with Crippen molar-refractivity contribution in [1.82, 2.24) is 9.97 Å². The van der Waals surface area contributed by atoms with E-state index in [0.29, 0.717) is 21.6 Å². The number of hydrogen-bond acceptors (Lipinski definition) is 4. The second-order valence-corrected chi connectivity index (χ2v) is 4.49. The van der Waals surface area contributed by atoms with E-state index in [9.17, 15) is 4.39 Å². The fourth-order valence-corrected chi connectivity index (χ4v) is 1.88. The molecule has 90 valence electrons. The number of halogens is 2. The predicted octanol–water partition coefficient (Wildman–Crippen LogP) is 2.81. The van der Waals surface area contributed by atoms with Crippen molar-refractivity contribution in [3.05, 3.63) is 39.7 Å². The first kappa shape index (κ1) is 12.5. The summed E-state index contributed by atoms with van der Waals surface area (Å²) >= 11 is 3.09. The van der Waals surface area contributed by atoms with Gasteiger partial charge in [0.05, 0.1) is 10.2 Å². The lowest BCUT2D eigenvalue weighted by Crippen LogP contribution is -2.02. The molecule has 4 nitrogen and oxygen atoms in total. The van der Waals surface area contributed by atoms with Gasteiger partial charge in [0.25, 0.3) is 0 Å². The minimum atomic E-state index is -0.364. The van der Waals surface area contributed by atoms with Crippen LogP contribution >= 0.6 is 15.9 Å². The molecule has 0 atom stereocenters.